The van der Waals surface area contributed by atoms with Crippen molar-refractivity contribution in [1.82, 2.24) is 0 Å². The Morgan fingerprint density at radius 3 is 2.47 bits per heavy atom. The maximum absolute atomic E-state index is 11.3. The van der Waals surface area contributed by atoms with E-state index in [-0.39, 0.29) is 5.97 Å². The first-order chi connectivity index (χ1) is 8.17. The van der Waals surface area contributed by atoms with Crippen molar-refractivity contribution < 1.29 is 14.3 Å². The summed E-state index contributed by atoms with van der Waals surface area (Å²) < 4.78 is 10.2. The highest BCUT2D eigenvalue weighted by atomic mass is 16.5. The van der Waals surface area contributed by atoms with Crippen molar-refractivity contribution in [1.29, 1.82) is 0 Å². The number of hydrogen-bond acceptors (Lipinski definition) is 3. The molecule has 0 unspecified atom stereocenters. The second-order valence-electron chi connectivity index (χ2n) is 3.70. The molecule has 92 valence electrons. The number of ether oxygens (including phenoxy) is 2. The Balaban J connectivity index is 2.53. The van der Waals surface area contributed by atoms with Gasteiger partial charge in [0, 0.05) is 5.57 Å². The number of methoxy groups -OCH3 is 1. The molecule has 0 fully saturated rings. The van der Waals surface area contributed by atoms with Gasteiger partial charge in [-0.3, -0.25) is 0 Å². The maximum Gasteiger partial charge on any atom is 0.333 e. The van der Waals surface area contributed by atoms with E-state index in [9.17, 15) is 4.79 Å². The Kier molecular flexibility index (Phi) is 5.27. The van der Waals surface area contributed by atoms with Crippen molar-refractivity contribution in [2.24, 2.45) is 0 Å². The fraction of sp³-hybridized carbons (Fsp3) is 0.357. The van der Waals surface area contributed by atoms with E-state index >= 15 is 0 Å². The van der Waals surface area contributed by atoms with Crippen LogP contribution < -0.4 is 4.74 Å². The normalized spacial score (nSPS) is 11.1. The van der Waals surface area contributed by atoms with Crippen molar-refractivity contribution in [2.75, 3.05) is 13.7 Å². The molecule has 0 N–H and O–H groups in total. The fourth-order valence-electron chi connectivity index (χ4n) is 1.38. The van der Waals surface area contributed by atoms with Gasteiger partial charge in [0.05, 0.1) is 7.11 Å². The van der Waals surface area contributed by atoms with Crippen LogP contribution in [-0.2, 0) is 9.53 Å². The van der Waals surface area contributed by atoms with E-state index in [1.165, 1.54) is 12.7 Å². The van der Waals surface area contributed by atoms with Gasteiger partial charge in [-0.1, -0.05) is 24.6 Å². The SMILES string of the molecule is CCC(=CCOc1ccc(C)cc1)C(=O)OC. The smallest absolute Gasteiger partial charge is 0.333 e. The zero-order valence-corrected chi connectivity index (χ0v) is 10.5. The van der Waals surface area contributed by atoms with Gasteiger partial charge in [-0.2, -0.15) is 0 Å². The Bertz CT molecular complexity index is 390. The van der Waals surface area contributed by atoms with Crippen LogP contribution in [0.4, 0.5) is 0 Å². The lowest BCUT2D eigenvalue weighted by molar-refractivity contribution is -0.136. The summed E-state index contributed by atoms with van der Waals surface area (Å²) in [5, 5.41) is 0. The lowest BCUT2D eigenvalue weighted by Crippen LogP contribution is -2.06. The quantitative estimate of drug-likeness (QED) is 0.580. The molecule has 0 bridgehead atoms. The van der Waals surface area contributed by atoms with Crippen LogP contribution in [0.2, 0.25) is 0 Å². The molecule has 0 amide bonds. The van der Waals surface area contributed by atoms with Gasteiger partial charge in [-0.05, 0) is 31.6 Å². The van der Waals surface area contributed by atoms with E-state index in [4.69, 9.17) is 4.74 Å². The van der Waals surface area contributed by atoms with Crippen molar-refractivity contribution in [3.63, 3.8) is 0 Å². The molecule has 0 radical (unpaired) electrons. The molecule has 0 aliphatic carbocycles. The molecule has 17 heavy (non-hydrogen) atoms. The molecule has 3 nitrogen and oxygen atoms in total. The molecule has 0 saturated carbocycles. The van der Waals surface area contributed by atoms with Crippen LogP contribution in [0.15, 0.2) is 35.9 Å². The number of rotatable bonds is 5. The van der Waals surface area contributed by atoms with Crippen LogP contribution in [0.1, 0.15) is 18.9 Å². The number of carbonyl (C=O) groups excluding carboxylic acids is 1. The second kappa shape index (κ2) is 6.74. The highest BCUT2D eigenvalue weighted by Crippen LogP contribution is 2.12. The van der Waals surface area contributed by atoms with E-state index < -0.39 is 0 Å². The van der Waals surface area contributed by atoms with Crippen LogP contribution in [0.25, 0.3) is 0 Å². The van der Waals surface area contributed by atoms with Gasteiger partial charge in [0.25, 0.3) is 0 Å². The predicted octanol–water partition coefficient (Wildman–Crippen LogP) is 2.88. The fourth-order valence-corrected chi connectivity index (χ4v) is 1.38. The van der Waals surface area contributed by atoms with E-state index in [2.05, 4.69) is 4.74 Å². The summed E-state index contributed by atoms with van der Waals surface area (Å²) in [4.78, 5) is 11.3. The van der Waals surface area contributed by atoms with Crippen LogP contribution in [0.5, 0.6) is 5.75 Å². The minimum Gasteiger partial charge on any atom is -0.490 e. The van der Waals surface area contributed by atoms with E-state index in [1.54, 1.807) is 6.08 Å². The van der Waals surface area contributed by atoms with Crippen LogP contribution >= 0.6 is 0 Å². The number of benzene rings is 1. The first kappa shape index (κ1) is 13.3. The van der Waals surface area contributed by atoms with Crippen LogP contribution in [-0.4, -0.2) is 19.7 Å². The molecule has 1 rings (SSSR count). The highest BCUT2D eigenvalue weighted by molar-refractivity contribution is 5.88. The molecule has 1 aromatic carbocycles. The van der Waals surface area contributed by atoms with Gasteiger partial charge in [-0.25, -0.2) is 4.79 Å². The van der Waals surface area contributed by atoms with E-state index in [0.29, 0.717) is 18.6 Å². The minimum absolute atomic E-state index is 0.292. The standard InChI is InChI=1S/C14H18O3/c1-4-12(14(15)16-3)9-10-17-13-7-5-11(2)6-8-13/h5-9H,4,10H2,1-3H3. The number of esters is 1. The lowest BCUT2D eigenvalue weighted by Gasteiger charge is -2.05. The van der Waals surface area contributed by atoms with Crippen molar-refractivity contribution in [3.05, 3.63) is 41.5 Å². The second-order valence-corrected chi connectivity index (χ2v) is 3.70. The van der Waals surface area contributed by atoms with E-state index in [1.807, 2.05) is 38.1 Å². The average molecular weight is 234 g/mol. The summed E-state index contributed by atoms with van der Waals surface area (Å²) in [6.45, 7) is 4.31. The maximum atomic E-state index is 11.3. The largest absolute Gasteiger partial charge is 0.490 e. The Morgan fingerprint density at radius 2 is 1.94 bits per heavy atom. The zero-order chi connectivity index (χ0) is 12.7. The topological polar surface area (TPSA) is 35.5 Å². The molecule has 0 aliphatic heterocycles. The number of hydrogen-bond donors (Lipinski definition) is 0. The molecular weight excluding hydrogens is 216 g/mol. The Hall–Kier alpha value is -1.77. The summed E-state index contributed by atoms with van der Waals surface area (Å²) in [5.41, 5.74) is 1.83. The number of carbonyl (C=O) groups is 1. The summed E-state index contributed by atoms with van der Waals surface area (Å²) >= 11 is 0. The molecule has 0 atom stereocenters. The minimum atomic E-state index is -0.292. The van der Waals surface area contributed by atoms with Crippen molar-refractivity contribution >= 4 is 5.97 Å². The summed E-state index contributed by atoms with van der Waals surface area (Å²) in [7, 11) is 1.38. The van der Waals surface area contributed by atoms with Crippen LogP contribution in [0.3, 0.4) is 0 Å². The molecule has 0 saturated heterocycles. The summed E-state index contributed by atoms with van der Waals surface area (Å²) in [6, 6.07) is 7.79. The first-order valence-corrected chi connectivity index (χ1v) is 5.64. The molecule has 0 heterocycles. The third-order valence-electron chi connectivity index (χ3n) is 2.43. The first-order valence-electron chi connectivity index (χ1n) is 5.64. The highest BCUT2D eigenvalue weighted by Gasteiger charge is 2.05. The van der Waals surface area contributed by atoms with Crippen molar-refractivity contribution in [2.45, 2.75) is 20.3 Å². The average Bonchev–Trinajstić information content (AvgIpc) is 2.36. The Labute approximate surface area is 102 Å². The van der Waals surface area contributed by atoms with Gasteiger partial charge in [0.2, 0.25) is 0 Å². The molecule has 0 aromatic heterocycles. The molecular formula is C14H18O3. The third kappa shape index (κ3) is 4.31. The predicted molar refractivity (Wildman–Crippen MR) is 67.1 cm³/mol. The molecule has 0 spiro atoms. The molecule has 0 aliphatic rings. The van der Waals surface area contributed by atoms with E-state index in [0.717, 1.165) is 5.75 Å². The molecule has 3 heteroatoms. The zero-order valence-electron chi connectivity index (χ0n) is 10.5. The molecule has 1 aromatic rings. The van der Waals surface area contributed by atoms with Gasteiger partial charge < -0.3 is 9.47 Å². The summed E-state index contributed by atoms with van der Waals surface area (Å²) in [5.74, 6) is 0.507. The third-order valence-corrected chi connectivity index (χ3v) is 2.43. The number of aryl methyl sites for hydroxylation is 1. The van der Waals surface area contributed by atoms with Gasteiger partial charge >= 0.3 is 5.97 Å². The Morgan fingerprint density at radius 1 is 1.29 bits per heavy atom. The summed E-state index contributed by atoms with van der Waals surface area (Å²) in [6.07, 6.45) is 2.40. The van der Waals surface area contributed by atoms with Gasteiger partial charge in [0.15, 0.2) is 0 Å². The van der Waals surface area contributed by atoms with Crippen molar-refractivity contribution in [3.8, 4) is 5.75 Å². The van der Waals surface area contributed by atoms with Gasteiger partial charge in [0.1, 0.15) is 12.4 Å². The van der Waals surface area contributed by atoms with Crippen LogP contribution in [0, 0.1) is 6.92 Å². The lowest BCUT2D eigenvalue weighted by atomic mass is 10.2. The van der Waals surface area contributed by atoms with Gasteiger partial charge in [-0.15, -0.1) is 0 Å². The monoisotopic (exact) mass is 234 g/mol.